The van der Waals surface area contributed by atoms with Gasteiger partial charge in [0.2, 0.25) is 11.8 Å². The molecule has 2 fully saturated rings. The molecule has 20 heavy (non-hydrogen) atoms. The number of imide groups is 1. The zero-order valence-electron chi connectivity index (χ0n) is 10.8. The fraction of sp³-hybridized carbons (Fsp3) is 0.429. The van der Waals surface area contributed by atoms with E-state index in [1.54, 1.807) is 0 Å². The van der Waals surface area contributed by atoms with Gasteiger partial charge < -0.3 is 5.11 Å². The summed E-state index contributed by atoms with van der Waals surface area (Å²) in [6, 6.07) is 2.83. The van der Waals surface area contributed by atoms with E-state index in [0.717, 1.165) is 17.7 Å². The molecule has 1 saturated carbocycles. The molecule has 2 heterocycles. The summed E-state index contributed by atoms with van der Waals surface area (Å²) in [5.41, 5.74) is -0.742. The number of hydrogen-bond donors (Lipinski definition) is 1. The third kappa shape index (κ3) is 1.71. The molecule has 6 nitrogen and oxygen atoms in total. The maximum Gasteiger partial charge on any atom is 0.339 e. The zero-order chi connectivity index (χ0) is 14.3. The second-order valence-corrected chi connectivity index (χ2v) is 5.38. The molecule has 1 aromatic heterocycles. The molecule has 0 aromatic carbocycles. The molecular formula is C14H14N2O4. The van der Waals surface area contributed by atoms with Crippen molar-refractivity contribution in [2.75, 3.05) is 4.90 Å². The van der Waals surface area contributed by atoms with Crippen molar-refractivity contribution in [1.82, 2.24) is 4.98 Å². The molecule has 0 bridgehead atoms. The van der Waals surface area contributed by atoms with Gasteiger partial charge in [-0.1, -0.05) is 12.8 Å². The monoisotopic (exact) mass is 274 g/mol. The van der Waals surface area contributed by atoms with Crippen LogP contribution < -0.4 is 4.90 Å². The van der Waals surface area contributed by atoms with Gasteiger partial charge in [-0.15, -0.1) is 0 Å². The second kappa shape index (κ2) is 4.40. The van der Waals surface area contributed by atoms with Gasteiger partial charge in [-0.25, -0.2) is 14.7 Å². The van der Waals surface area contributed by atoms with Crippen molar-refractivity contribution in [3.8, 4) is 0 Å². The third-order valence-corrected chi connectivity index (χ3v) is 4.19. The number of hydrogen-bond acceptors (Lipinski definition) is 4. The quantitative estimate of drug-likeness (QED) is 0.828. The summed E-state index contributed by atoms with van der Waals surface area (Å²) >= 11 is 0. The molecule has 3 rings (SSSR count). The predicted molar refractivity (Wildman–Crippen MR) is 69.2 cm³/mol. The molecule has 104 valence electrons. The number of nitrogens with zero attached hydrogens (tertiary/aromatic N) is 2. The number of amides is 2. The molecule has 2 aliphatic rings. The van der Waals surface area contributed by atoms with Gasteiger partial charge in [-0.05, 0) is 25.0 Å². The molecule has 1 aliphatic heterocycles. The van der Waals surface area contributed by atoms with E-state index in [4.69, 9.17) is 5.11 Å². The van der Waals surface area contributed by atoms with Crippen LogP contribution in [0.5, 0.6) is 0 Å². The molecular weight excluding hydrogens is 260 g/mol. The van der Waals surface area contributed by atoms with Crippen LogP contribution in [0, 0.1) is 5.41 Å². The summed E-state index contributed by atoms with van der Waals surface area (Å²) in [6.45, 7) is 0. The van der Waals surface area contributed by atoms with E-state index in [2.05, 4.69) is 4.98 Å². The first-order valence-corrected chi connectivity index (χ1v) is 6.61. The first kappa shape index (κ1) is 12.8. The molecule has 1 saturated heterocycles. The minimum Gasteiger partial charge on any atom is -0.478 e. The third-order valence-electron chi connectivity index (χ3n) is 4.19. The summed E-state index contributed by atoms with van der Waals surface area (Å²) in [5.74, 6) is -1.89. The number of carbonyl (C=O) groups is 3. The van der Waals surface area contributed by atoms with Crippen LogP contribution in [0.15, 0.2) is 18.3 Å². The highest BCUT2D eigenvalue weighted by Crippen LogP contribution is 2.47. The number of pyridine rings is 1. The Morgan fingerprint density at radius 3 is 2.65 bits per heavy atom. The summed E-state index contributed by atoms with van der Waals surface area (Å²) in [5, 5.41) is 9.17. The van der Waals surface area contributed by atoms with Crippen molar-refractivity contribution in [2.45, 2.75) is 32.1 Å². The Hall–Kier alpha value is -2.24. The summed E-state index contributed by atoms with van der Waals surface area (Å²) < 4.78 is 0. The van der Waals surface area contributed by atoms with E-state index in [-0.39, 0.29) is 29.6 Å². The molecule has 2 amide bonds. The predicted octanol–water partition coefficient (Wildman–Crippen LogP) is 1.60. The Morgan fingerprint density at radius 1 is 1.30 bits per heavy atom. The van der Waals surface area contributed by atoms with E-state index >= 15 is 0 Å². The number of aromatic nitrogens is 1. The van der Waals surface area contributed by atoms with Gasteiger partial charge in [0.25, 0.3) is 0 Å². The highest BCUT2D eigenvalue weighted by molar-refractivity contribution is 6.23. The summed E-state index contributed by atoms with van der Waals surface area (Å²) in [6.07, 6.45) is 4.82. The number of anilines is 1. The average molecular weight is 274 g/mol. The van der Waals surface area contributed by atoms with Crippen LogP contribution in [0.25, 0.3) is 0 Å². The molecule has 1 aromatic rings. The van der Waals surface area contributed by atoms with Crippen molar-refractivity contribution in [1.29, 1.82) is 0 Å². The van der Waals surface area contributed by atoms with Crippen molar-refractivity contribution < 1.29 is 19.5 Å². The van der Waals surface area contributed by atoms with Gasteiger partial charge in [-0.2, -0.15) is 0 Å². The first-order chi connectivity index (χ1) is 9.55. The van der Waals surface area contributed by atoms with E-state index in [0.29, 0.717) is 12.8 Å². The lowest BCUT2D eigenvalue weighted by Gasteiger charge is -2.21. The Labute approximate surface area is 115 Å². The normalized spacial score (nSPS) is 20.9. The standard InChI is InChI=1S/C14H14N2O4/c17-10-8-14(5-1-2-6-14)13(20)16(10)11-9(12(18)19)4-3-7-15-11/h3-4,7H,1-2,5-6,8H2,(H,18,19). The molecule has 0 atom stereocenters. The van der Waals surface area contributed by atoms with Gasteiger partial charge in [0, 0.05) is 12.6 Å². The molecule has 1 spiro atoms. The van der Waals surface area contributed by atoms with Crippen molar-refractivity contribution >= 4 is 23.6 Å². The minimum absolute atomic E-state index is 0.0567. The van der Waals surface area contributed by atoms with Gasteiger partial charge in [0.05, 0.1) is 5.41 Å². The Balaban J connectivity index is 2.05. The van der Waals surface area contributed by atoms with Gasteiger partial charge in [0.15, 0.2) is 5.82 Å². The molecule has 0 unspecified atom stereocenters. The van der Waals surface area contributed by atoms with Gasteiger partial charge in [0.1, 0.15) is 5.56 Å². The Kier molecular flexibility index (Phi) is 2.81. The molecule has 1 N–H and O–H groups in total. The Bertz CT molecular complexity index is 605. The van der Waals surface area contributed by atoms with Gasteiger partial charge in [-0.3, -0.25) is 9.59 Å². The molecule has 1 aliphatic carbocycles. The zero-order valence-corrected chi connectivity index (χ0v) is 10.8. The number of aromatic carboxylic acids is 1. The fourth-order valence-corrected chi connectivity index (χ4v) is 3.19. The van der Waals surface area contributed by atoms with Crippen LogP contribution in [0.4, 0.5) is 5.82 Å². The van der Waals surface area contributed by atoms with E-state index in [1.165, 1.54) is 18.3 Å². The van der Waals surface area contributed by atoms with Crippen molar-refractivity contribution in [3.05, 3.63) is 23.9 Å². The highest BCUT2D eigenvalue weighted by atomic mass is 16.4. The van der Waals surface area contributed by atoms with Crippen LogP contribution >= 0.6 is 0 Å². The SMILES string of the molecule is O=C(O)c1cccnc1N1C(=O)CC2(CCCC2)C1=O. The molecule has 6 heteroatoms. The lowest BCUT2D eigenvalue weighted by molar-refractivity contribution is -0.125. The average Bonchev–Trinajstić information content (AvgIpc) is 2.97. The minimum atomic E-state index is -1.19. The first-order valence-electron chi connectivity index (χ1n) is 6.61. The van der Waals surface area contributed by atoms with Crippen LogP contribution in [-0.2, 0) is 9.59 Å². The van der Waals surface area contributed by atoms with Crippen molar-refractivity contribution in [2.24, 2.45) is 5.41 Å². The number of rotatable bonds is 2. The summed E-state index contributed by atoms with van der Waals surface area (Å²) in [4.78, 5) is 40.9. The van der Waals surface area contributed by atoms with Crippen LogP contribution in [0.3, 0.4) is 0 Å². The van der Waals surface area contributed by atoms with E-state index in [1.807, 2.05) is 0 Å². The number of carboxylic acid groups (broad SMARTS) is 1. The molecule has 0 radical (unpaired) electrons. The maximum absolute atomic E-state index is 12.6. The summed E-state index contributed by atoms with van der Waals surface area (Å²) in [7, 11) is 0. The van der Waals surface area contributed by atoms with E-state index < -0.39 is 11.4 Å². The second-order valence-electron chi connectivity index (χ2n) is 5.38. The van der Waals surface area contributed by atoms with Gasteiger partial charge >= 0.3 is 5.97 Å². The fourth-order valence-electron chi connectivity index (χ4n) is 3.19. The topological polar surface area (TPSA) is 87.6 Å². The lowest BCUT2D eigenvalue weighted by atomic mass is 9.84. The van der Waals surface area contributed by atoms with E-state index in [9.17, 15) is 14.4 Å². The largest absolute Gasteiger partial charge is 0.478 e. The Morgan fingerprint density at radius 2 is 2.00 bits per heavy atom. The van der Waals surface area contributed by atoms with Crippen LogP contribution in [-0.4, -0.2) is 27.9 Å². The maximum atomic E-state index is 12.6. The van der Waals surface area contributed by atoms with Crippen molar-refractivity contribution in [3.63, 3.8) is 0 Å². The van der Waals surface area contributed by atoms with Crippen LogP contribution in [0.1, 0.15) is 42.5 Å². The smallest absolute Gasteiger partial charge is 0.339 e. The van der Waals surface area contributed by atoms with Crippen LogP contribution in [0.2, 0.25) is 0 Å². The lowest BCUT2D eigenvalue weighted by Crippen LogP contribution is -2.36. The number of carbonyl (C=O) groups excluding carboxylic acids is 2. The highest BCUT2D eigenvalue weighted by Gasteiger charge is 2.54. The number of carboxylic acids is 1.